The molecule has 1 atom stereocenters. The molecule has 0 saturated carbocycles. The standard InChI is InChI=1S/C8H12N2O3S/c1-6-4-7(10-14(11)13-3)8(12-2)5-9-6/h4-5H,1-3H3,(H,9,10). The summed E-state index contributed by atoms with van der Waals surface area (Å²) in [4.78, 5) is 4.04. The molecule has 0 aliphatic carbocycles. The summed E-state index contributed by atoms with van der Waals surface area (Å²) >= 11 is -1.56. The molecular formula is C8H12N2O3S. The second-order valence-corrected chi connectivity index (χ2v) is 3.54. The van der Waals surface area contributed by atoms with Crippen molar-refractivity contribution in [2.45, 2.75) is 6.92 Å². The van der Waals surface area contributed by atoms with Crippen LogP contribution in [-0.4, -0.2) is 23.4 Å². The number of aryl methyl sites for hydroxylation is 1. The molecule has 0 spiro atoms. The first-order chi connectivity index (χ1) is 6.67. The van der Waals surface area contributed by atoms with Crippen LogP contribution in [0.25, 0.3) is 0 Å². The first kappa shape index (κ1) is 10.9. The Hall–Kier alpha value is -1.14. The number of nitrogens with zero attached hydrogens (tertiary/aromatic N) is 1. The lowest BCUT2D eigenvalue weighted by molar-refractivity contribution is 0.414. The molecule has 0 aliphatic rings. The fourth-order valence-corrected chi connectivity index (χ4v) is 1.34. The molecule has 6 heteroatoms. The van der Waals surface area contributed by atoms with E-state index in [2.05, 4.69) is 13.9 Å². The molecule has 1 N–H and O–H groups in total. The monoisotopic (exact) mass is 216 g/mol. The largest absolute Gasteiger partial charge is 0.493 e. The van der Waals surface area contributed by atoms with E-state index in [0.29, 0.717) is 11.4 Å². The van der Waals surface area contributed by atoms with Crippen LogP contribution >= 0.6 is 0 Å². The van der Waals surface area contributed by atoms with E-state index in [1.165, 1.54) is 14.2 Å². The van der Waals surface area contributed by atoms with Gasteiger partial charge in [0.25, 0.3) is 11.3 Å². The Balaban J connectivity index is 2.93. The topological polar surface area (TPSA) is 60.5 Å². The highest BCUT2D eigenvalue weighted by molar-refractivity contribution is 7.81. The van der Waals surface area contributed by atoms with Crippen LogP contribution < -0.4 is 9.46 Å². The predicted octanol–water partition coefficient (Wildman–Crippen LogP) is 1.04. The van der Waals surface area contributed by atoms with Gasteiger partial charge in [0.2, 0.25) is 0 Å². The molecule has 0 amide bonds. The third-order valence-corrected chi connectivity index (χ3v) is 2.26. The summed E-state index contributed by atoms with van der Waals surface area (Å²) in [6, 6.07) is 1.73. The minimum absolute atomic E-state index is 0.529. The highest BCUT2D eigenvalue weighted by atomic mass is 32.2. The number of hydrogen-bond acceptors (Lipinski definition) is 4. The van der Waals surface area contributed by atoms with Crippen molar-refractivity contribution in [1.82, 2.24) is 4.98 Å². The van der Waals surface area contributed by atoms with Gasteiger partial charge in [-0.1, -0.05) is 0 Å². The van der Waals surface area contributed by atoms with E-state index < -0.39 is 11.3 Å². The van der Waals surface area contributed by atoms with Gasteiger partial charge in [0.15, 0.2) is 5.75 Å². The van der Waals surface area contributed by atoms with Crippen molar-refractivity contribution in [3.63, 3.8) is 0 Å². The number of pyridine rings is 1. The zero-order valence-electron chi connectivity index (χ0n) is 8.23. The lowest BCUT2D eigenvalue weighted by atomic mass is 10.3. The normalized spacial score (nSPS) is 12.2. The Kier molecular flexibility index (Phi) is 3.84. The summed E-state index contributed by atoms with van der Waals surface area (Å²) in [5, 5.41) is 0. The maximum Gasteiger partial charge on any atom is 0.261 e. The van der Waals surface area contributed by atoms with E-state index in [-0.39, 0.29) is 0 Å². The fourth-order valence-electron chi connectivity index (χ4n) is 0.921. The first-order valence-electron chi connectivity index (χ1n) is 3.91. The molecule has 1 rings (SSSR count). The highest BCUT2D eigenvalue weighted by Crippen LogP contribution is 2.23. The summed E-state index contributed by atoms with van der Waals surface area (Å²) in [5.74, 6) is 0.529. The van der Waals surface area contributed by atoms with Crippen molar-refractivity contribution in [2.24, 2.45) is 0 Å². The van der Waals surface area contributed by atoms with Gasteiger partial charge in [-0.3, -0.25) is 13.9 Å². The summed E-state index contributed by atoms with van der Waals surface area (Å²) in [5.41, 5.74) is 1.40. The number of nitrogens with one attached hydrogen (secondary N) is 1. The van der Waals surface area contributed by atoms with E-state index in [1.54, 1.807) is 12.3 Å². The van der Waals surface area contributed by atoms with Crippen LogP contribution in [0.1, 0.15) is 5.69 Å². The minimum Gasteiger partial charge on any atom is -0.493 e. The molecule has 1 heterocycles. The van der Waals surface area contributed by atoms with Gasteiger partial charge in [0.1, 0.15) is 0 Å². The van der Waals surface area contributed by atoms with Crippen molar-refractivity contribution in [3.8, 4) is 5.75 Å². The number of methoxy groups -OCH3 is 1. The molecule has 78 valence electrons. The summed E-state index contributed by atoms with van der Waals surface area (Å²) in [6.07, 6.45) is 1.56. The van der Waals surface area contributed by atoms with Crippen molar-refractivity contribution in [2.75, 3.05) is 18.9 Å². The Labute approximate surface area is 85.2 Å². The Morgan fingerprint density at radius 1 is 1.50 bits per heavy atom. The zero-order valence-corrected chi connectivity index (χ0v) is 9.05. The van der Waals surface area contributed by atoms with E-state index in [1.807, 2.05) is 6.92 Å². The van der Waals surface area contributed by atoms with E-state index in [4.69, 9.17) is 4.74 Å². The van der Waals surface area contributed by atoms with Crippen LogP contribution in [-0.2, 0) is 15.4 Å². The van der Waals surface area contributed by atoms with Crippen molar-refractivity contribution in [3.05, 3.63) is 18.0 Å². The minimum atomic E-state index is -1.56. The van der Waals surface area contributed by atoms with E-state index in [0.717, 1.165) is 5.69 Å². The summed E-state index contributed by atoms with van der Waals surface area (Å²) in [7, 11) is 2.87. The highest BCUT2D eigenvalue weighted by Gasteiger charge is 2.06. The summed E-state index contributed by atoms with van der Waals surface area (Å²) < 4.78 is 23.3. The van der Waals surface area contributed by atoms with Gasteiger partial charge in [-0.05, 0) is 13.0 Å². The first-order valence-corrected chi connectivity index (χ1v) is 4.98. The van der Waals surface area contributed by atoms with E-state index in [9.17, 15) is 4.21 Å². The molecule has 0 aliphatic heterocycles. The number of aromatic nitrogens is 1. The molecule has 0 radical (unpaired) electrons. The smallest absolute Gasteiger partial charge is 0.261 e. The van der Waals surface area contributed by atoms with Gasteiger partial charge in [-0.15, -0.1) is 0 Å². The molecule has 5 nitrogen and oxygen atoms in total. The third kappa shape index (κ3) is 2.68. The van der Waals surface area contributed by atoms with Crippen LogP contribution in [0.2, 0.25) is 0 Å². The number of hydrogen-bond donors (Lipinski definition) is 1. The second kappa shape index (κ2) is 4.92. The van der Waals surface area contributed by atoms with Gasteiger partial charge >= 0.3 is 0 Å². The van der Waals surface area contributed by atoms with Crippen molar-refractivity contribution in [1.29, 1.82) is 0 Å². The van der Waals surface area contributed by atoms with Crippen LogP contribution in [0.5, 0.6) is 5.75 Å². The summed E-state index contributed by atoms with van der Waals surface area (Å²) in [6.45, 7) is 1.83. The number of anilines is 1. The number of rotatable bonds is 4. The number of ether oxygens (including phenoxy) is 1. The fraction of sp³-hybridized carbons (Fsp3) is 0.375. The maximum atomic E-state index is 11.1. The Bertz CT molecular complexity index is 343. The molecular weight excluding hydrogens is 204 g/mol. The predicted molar refractivity (Wildman–Crippen MR) is 54.3 cm³/mol. The quantitative estimate of drug-likeness (QED) is 0.816. The Morgan fingerprint density at radius 3 is 2.79 bits per heavy atom. The van der Waals surface area contributed by atoms with Gasteiger partial charge in [0, 0.05) is 5.69 Å². The molecule has 0 aromatic carbocycles. The molecule has 0 bridgehead atoms. The lowest BCUT2D eigenvalue weighted by Gasteiger charge is -2.09. The molecule has 1 aromatic rings. The van der Waals surface area contributed by atoms with Crippen molar-refractivity contribution < 1.29 is 13.1 Å². The average molecular weight is 216 g/mol. The van der Waals surface area contributed by atoms with Gasteiger partial charge < -0.3 is 4.74 Å². The van der Waals surface area contributed by atoms with Gasteiger partial charge in [-0.2, -0.15) is 0 Å². The third-order valence-electron chi connectivity index (χ3n) is 1.57. The van der Waals surface area contributed by atoms with Crippen LogP contribution in [0.15, 0.2) is 12.3 Å². The van der Waals surface area contributed by atoms with Gasteiger partial charge in [0.05, 0.1) is 26.1 Å². The SMILES string of the molecule is COc1cnc(C)cc1NS(=O)OC. The second-order valence-electron chi connectivity index (χ2n) is 2.53. The molecule has 0 fully saturated rings. The maximum absolute atomic E-state index is 11.1. The zero-order chi connectivity index (χ0) is 10.6. The Morgan fingerprint density at radius 2 is 2.21 bits per heavy atom. The van der Waals surface area contributed by atoms with Crippen LogP contribution in [0.4, 0.5) is 5.69 Å². The van der Waals surface area contributed by atoms with Gasteiger partial charge in [-0.25, -0.2) is 4.21 Å². The molecule has 14 heavy (non-hydrogen) atoms. The molecule has 0 saturated heterocycles. The van der Waals surface area contributed by atoms with Crippen molar-refractivity contribution >= 4 is 17.0 Å². The molecule has 1 aromatic heterocycles. The lowest BCUT2D eigenvalue weighted by Crippen LogP contribution is -2.07. The average Bonchev–Trinajstić information content (AvgIpc) is 2.18. The van der Waals surface area contributed by atoms with Crippen LogP contribution in [0.3, 0.4) is 0 Å². The van der Waals surface area contributed by atoms with Crippen LogP contribution in [0, 0.1) is 6.92 Å². The van der Waals surface area contributed by atoms with E-state index >= 15 is 0 Å². The molecule has 1 unspecified atom stereocenters.